The second-order valence-electron chi connectivity index (χ2n) is 10.1. The van der Waals surface area contributed by atoms with E-state index < -0.39 is 0 Å². The number of amides is 2. The van der Waals surface area contributed by atoms with Gasteiger partial charge in [-0.3, -0.25) is 14.4 Å². The van der Waals surface area contributed by atoms with E-state index in [0.717, 1.165) is 51.4 Å². The van der Waals surface area contributed by atoms with E-state index in [1.165, 1.54) is 19.3 Å². The van der Waals surface area contributed by atoms with Crippen molar-refractivity contribution in [2.24, 2.45) is 23.7 Å². The van der Waals surface area contributed by atoms with Crippen LogP contribution in [0, 0.1) is 23.7 Å². The third kappa shape index (κ3) is 6.05. The molecule has 0 bridgehead atoms. The van der Waals surface area contributed by atoms with E-state index in [-0.39, 0.29) is 47.4 Å². The molecule has 0 spiro atoms. The number of hydrogen-bond donors (Lipinski definition) is 3. The summed E-state index contributed by atoms with van der Waals surface area (Å²) in [5.41, 5.74) is 0. The van der Waals surface area contributed by atoms with Gasteiger partial charge in [0.1, 0.15) is 5.78 Å². The highest BCUT2D eigenvalue weighted by atomic mass is 16.2. The lowest BCUT2D eigenvalue weighted by Crippen LogP contribution is -2.52. The molecule has 3 fully saturated rings. The molecule has 0 radical (unpaired) electrons. The van der Waals surface area contributed by atoms with Crippen LogP contribution in [0.15, 0.2) is 0 Å². The third-order valence-electron chi connectivity index (χ3n) is 7.94. The monoisotopic (exact) mass is 419 g/mol. The van der Waals surface area contributed by atoms with E-state index in [1.807, 2.05) is 7.05 Å². The van der Waals surface area contributed by atoms with Crippen molar-refractivity contribution < 1.29 is 14.4 Å². The Bertz CT molecular complexity index is 615. The van der Waals surface area contributed by atoms with Gasteiger partial charge in [-0.2, -0.15) is 0 Å². The predicted octanol–water partition coefficient (Wildman–Crippen LogP) is 2.95. The molecule has 6 nitrogen and oxygen atoms in total. The highest BCUT2D eigenvalue weighted by Gasteiger charge is 2.36. The molecule has 3 rings (SSSR count). The van der Waals surface area contributed by atoms with Crippen LogP contribution in [0.3, 0.4) is 0 Å². The molecule has 3 saturated carbocycles. The molecule has 3 N–H and O–H groups in total. The van der Waals surface area contributed by atoms with Crippen molar-refractivity contribution in [3.05, 3.63) is 0 Å². The molecular formula is C24H41N3O3. The molecule has 6 heteroatoms. The summed E-state index contributed by atoms with van der Waals surface area (Å²) in [4.78, 5) is 37.5. The Labute approximate surface area is 181 Å². The molecule has 0 heterocycles. The lowest BCUT2D eigenvalue weighted by molar-refractivity contribution is -0.131. The van der Waals surface area contributed by atoms with E-state index in [0.29, 0.717) is 12.0 Å². The van der Waals surface area contributed by atoms with Crippen LogP contribution in [-0.4, -0.2) is 42.8 Å². The minimum atomic E-state index is -0.0518. The van der Waals surface area contributed by atoms with Gasteiger partial charge in [-0.1, -0.05) is 19.8 Å². The maximum Gasteiger partial charge on any atom is 0.223 e. The Morgan fingerprint density at radius 1 is 0.700 bits per heavy atom. The second-order valence-corrected chi connectivity index (χ2v) is 10.1. The van der Waals surface area contributed by atoms with Gasteiger partial charge in [0.25, 0.3) is 0 Å². The minimum Gasteiger partial charge on any atom is -0.353 e. The summed E-state index contributed by atoms with van der Waals surface area (Å²) in [5, 5.41) is 9.91. The topological polar surface area (TPSA) is 87.3 Å². The maximum atomic E-state index is 13.0. The van der Waals surface area contributed by atoms with Crippen molar-refractivity contribution in [3.63, 3.8) is 0 Å². The Morgan fingerprint density at radius 2 is 1.30 bits per heavy atom. The number of carbonyl (C=O) groups excluding carboxylic acids is 3. The second kappa shape index (κ2) is 10.7. The molecule has 30 heavy (non-hydrogen) atoms. The van der Waals surface area contributed by atoms with Gasteiger partial charge in [-0.15, -0.1) is 0 Å². The molecule has 3 aliphatic rings. The quantitative estimate of drug-likeness (QED) is 0.618. The van der Waals surface area contributed by atoms with Crippen LogP contribution in [-0.2, 0) is 14.4 Å². The fourth-order valence-electron chi connectivity index (χ4n) is 5.80. The van der Waals surface area contributed by atoms with Gasteiger partial charge in [-0.25, -0.2) is 0 Å². The SMILES string of the molecule is CNC1CC(NC(=O)C2CCC(C(C)=O)CC2)CC(C(=O)NC2CCCCC2C)C1. The van der Waals surface area contributed by atoms with Gasteiger partial charge in [0.2, 0.25) is 11.8 Å². The molecule has 170 valence electrons. The zero-order valence-corrected chi connectivity index (χ0v) is 19.0. The van der Waals surface area contributed by atoms with Crippen molar-refractivity contribution in [2.75, 3.05) is 7.05 Å². The van der Waals surface area contributed by atoms with E-state index in [2.05, 4.69) is 22.9 Å². The van der Waals surface area contributed by atoms with Crippen LogP contribution in [0.1, 0.15) is 84.5 Å². The van der Waals surface area contributed by atoms with Crippen molar-refractivity contribution in [1.82, 2.24) is 16.0 Å². The first-order chi connectivity index (χ1) is 14.4. The Kier molecular flexibility index (Phi) is 8.32. The summed E-state index contributed by atoms with van der Waals surface area (Å²) >= 11 is 0. The Balaban J connectivity index is 1.53. The summed E-state index contributed by atoms with van der Waals surface area (Å²) < 4.78 is 0. The molecule has 0 saturated heterocycles. The van der Waals surface area contributed by atoms with Crippen LogP contribution in [0.4, 0.5) is 0 Å². The fourth-order valence-corrected chi connectivity index (χ4v) is 5.80. The van der Waals surface area contributed by atoms with Gasteiger partial charge >= 0.3 is 0 Å². The first-order valence-corrected chi connectivity index (χ1v) is 12.2. The smallest absolute Gasteiger partial charge is 0.223 e. The maximum absolute atomic E-state index is 13.0. The summed E-state index contributed by atoms with van der Waals surface area (Å²) in [6, 6.07) is 0.580. The van der Waals surface area contributed by atoms with Crippen molar-refractivity contribution in [1.29, 1.82) is 0 Å². The number of carbonyl (C=O) groups is 3. The number of Topliss-reactive ketones (excluding diaryl/α,β-unsaturated/α-hetero) is 1. The summed E-state index contributed by atoms with van der Waals surface area (Å²) in [5.74, 6) is 1.16. The Hall–Kier alpha value is -1.43. The number of rotatable bonds is 6. The van der Waals surface area contributed by atoms with Gasteiger partial charge < -0.3 is 16.0 Å². The predicted molar refractivity (Wildman–Crippen MR) is 118 cm³/mol. The Morgan fingerprint density at radius 3 is 1.93 bits per heavy atom. The molecule has 0 aromatic carbocycles. The summed E-state index contributed by atoms with van der Waals surface area (Å²) in [6.07, 6.45) is 10.4. The van der Waals surface area contributed by atoms with E-state index in [1.54, 1.807) is 6.92 Å². The van der Waals surface area contributed by atoms with Gasteiger partial charge in [0.05, 0.1) is 0 Å². The molecule has 3 aliphatic carbocycles. The normalized spacial score (nSPS) is 37.2. The standard InChI is InChI=1S/C24H41N3O3/c1-15-6-4-5-7-22(15)27-24(30)19-12-20(25-3)14-21(13-19)26-23(29)18-10-8-17(9-11-18)16(2)28/h15,17-22,25H,4-14H2,1-3H3,(H,26,29)(H,27,30). The van der Waals surface area contributed by atoms with Crippen LogP contribution < -0.4 is 16.0 Å². The highest BCUT2D eigenvalue weighted by Crippen LogP contribution is 2.31. The number of hydrogen-bond acceptors (Lipinski definition) is 4. The van der Waals surface area contributed by atoms with Crippen molar-refractivity contribution in [2.45, 2.75) is 103 Å². The lowest BCUT2D eigenvalue weighted by Gasteiger charge is -2.37. The van der Waals surface area contributed by atoms with Gasteiger partial charge in [0, 0.05) is 35.9 Å². The molecule has 0 aromatic heterocycles. The van der Waals surface area contributed by atoms with Crippen LogP contribution >= 0.6 is 0 Å². The average Bonchev–Trinajstić information content (AvgIpc) is 2.75. The van der Waals surface area contributed by atoms with Gasteiger partial charge in [-0.05, 0) is 77.7 Å². The summed E-state index contributed by atoms with van der Waals surface area (Å²) in [7, 11) is 1.94. The molecule has 5 unspecified atom stereocenters. The van der Waals surface area contributed by atoms with E-state index in [9.17, 15) is 14.4 Å². The van der Waals surface area contributed by atoms with Crippen molar-refractivity contribution in [3.8, 4) is 0 Å². The van der Waals surface area contributed by atoms with E-state index in [4.69, 9.17) is 0 Å². The minimum absolute atomic E-state index is 0.00549. The third-order valence-corrected chi connectivity index (χ3v) is 7.94. The number of nitrogens with one attached hydrogen (secondary N) is 3. The lowest BCUT2D eigenvalue weighted by atomic mass is 9.78. The molecule has 5 atom stereocenters. The van der Waals surface area contributed by atoms with E-state index >= 15 is 0 Å². The first-order valence-electron chi connectivity index (χ1n) is 12.2. The molecular weight excluding hydrogens is 378 g/mol. The largest absolute Gasteiger partial charge is 0.353 e. The zero-order valence-electron chi connectivity index (χ0n) is 19.0. The average molecular weight is 420 g/mol. The molecule has 2 amide bonds. The van der Waals surface area contributed by atoms with Crippen LogP contribution in [0.2, 0.25) is 0 Å². The van der Waals surface area contributed by atoms with Crippen LogP contribution in [0.5, 0.6) is 0 Å². The summed E-state index contributed by atoms with van der Waals surface area (Å²) in [6.45, 7) is 3.90. The first kappa shape index (κ1) is 23.2. The highest BCUT2D eigenvalue weighted by molar-refractivity contribution is 5.82. The fraction of sp³-hybridized carbons (Fsp3) is 0.875. The molecule has 0 aliphatic heterocycles. The number of ketones is 1. The van der Waals surface area contributed by atoms with Gasteiger partial charge in [0.15, 0.2) is 0 Å². The zero-order chi connectivity index (χ0) is 21.7. The molecule has 0 aromatic rings. The van der Waals surface area contributed by atoms with Crippen molar-refractivity contribution >= 4 is 17.6 Å². The van der Waals surface area contributed by atoms with Crippen LogP contribution in [0.25, 0.3) is 0 Å².